The molecule has 0 aliphatic heterocycles. The van der Waals surface area contributed by atoms with Gasteiger partial charge in [-0.3, -0.25) is 0 Å². The van der Waals surface area contributed by atoms with E-state index >= 15 is 0 Å². The van der Waals surface area contributed by atoms with E-state index in [-0.39, 0.29) is 6.61 Å². The molecule has 0 heterocycles. The van der Waals surface area contributed by atoms with Gasteiger partial charge in [-0.25, -0.2) is 4.79 Å². The number of hydrogen-bond acceptors (Lipinski definition) is 3. The molecule has 0 unspecified atom stereocenters. The highest BCUT2D eigenvalue weighted by molar-refractivity contribution is 6.31. The van der Waals surface area contributed by atoms with E-state index in [2.05, 4.69) is 12.1 Å². The molecule has 2 N–H and O–H groups in total. The topological polar surface area (TPSA) is 52.3 Å². The Balaban J connectivity index is 1.68. The van der Waals surface area contributed by atoms with Crippen LogP contribution in [0.3, 0.4) is 0 Å². The van der Waals surface area contributed by atoms with Crippen LogP contribution in [-0.2, 0) is 24.2 Å². The molecule has 0 atom stereocenters. The van der Waals surface area contributed by atoms with Crippen LogP contribution in [0.4, 0.5) is 5.69 Å². The van der Waals surface area contributed by atoms with Crippen LogP contribution in [0.5, 0.6) is 0 Å². The van der Waals surface area contributed by atoms with Crippen LogP contribution in [0.1, 0.15) is 33.5 Å². The van der Waals surface area contributed by atoms with Gasteiger partial charge in [-0.2, -0.15) is 0 Å². The molecule has 0 amide bonds. The molecule has 1 aliphatic carbocycles. The number of fused-ring (bicyclic) bond motifs is 1. The number of carbonyl (C=O) groups is 1. The molecule has 3 nitrogen and oxygen atoms in total. The monoisotopic (exact) mass is 301 g/mol. The molecule has 21 heavy (non-hydrogen) atoms. The van der Waals surface area contributed by atoms with Gasteiger partial charge in [0.05, 0.1) is 5.56 Å². The van der Waals surface area contributed by atoms with E-state index in [1.165, 1.54) is 17.5 Å². The van der Waals surface area contributed by atoms with Gasteiger partial charge >= 0.3 is 5.97 Å². The summed E-state index contributed by atoms with van der Waals surface area (Å²) >= 11 is 5.89. The van der Waals surface area contributed by atoms with Crippen LogP contribution in [0.25, 0.3) is 0 Å². The molecule has 2 aromatic rings. The van der Waals surface area contributed by atoms with Crippen molar-refractivity contribution in [1.29, 1.82) is 0 Å². The first-order chi connectivity index (χ1) is 10.1. The maximum absolute atomic E-state index is 12.0. The number of carbonyl (C=O) groups excluding carboxylic acids is 1. The van der Waals surface area contributed by atoms with E-state index in [0.717, 1.165) is 18.4 Å². The molecule has 0 aromatic heterocycles. The summed E-state index contributed by atoms with van der Waals surface area (Å²) in [5.41, 5.74) is 10.3. The predicted molar refractivity (Wildman–Crippen MR) is 83.5 cm³/mol. The van der Waals surface area contributed by atoms with Crippen LogP contribution >= 0.6 is 11.6 Å². The smallest absolute Gasteiger partial charge is 0.338 e. The second-order valence-electron chi connectivity index (χ2n) is 5.31. The van der Waals surface area contributed by atoms with Gasteiger partial charge in [-0.1, -0.05) is 29.8 Å². The van der Waals surface area contributed by atoms with E-state index in [9.17, 15) is 4.79 Å². The largest absolute Gasteiger partial charge is 0.457 e. The summed E-state index contributed by atoms with van der Waals surface area (Å²) in [6, 6.07) is 11.0. The molecule has 0 radical (unpaired) electrons. The third kappa shape index (κ3) is 3.19. The number of benzene rings is 2. The Bertz CT molecular complexity index is 677. The number of esters is 1. The molecule has 0 saturated carbocycles. The molecule has 0 spiro atoms. The summed E-state index contributed by atoms with van der Waals surface area (Å²) in [6.07, 6.45) is 3.47. The van der Waals surface area contributed by atoms with Gasteiger partial charge in [0, 0.05) is 10.7 Å². The molecule has 2 aromatic carbocycles. The molecule has 0 saturated heterocycles. The van der Waals surface area contributed by atoms with Gasteiger partial charge in [0.25, 0.3) is 0 Å². The molecule has 3 rings (SSSR count). The molecule has 108 valence electrons. The fraction of sp³-hybridized carbons (Fsp3) is 0.235. The van der Waals surface area contributed by atoms with Crippen molar-refractivity contribution in [3.8, 4) is 0 Å². The number of ether oxygens (including phenoxy) is 1. The van der Waals surface area contributed by atoms with E-state index in [1.54, 1.807) is 18.2 Å². The summed E-state index contributed by atoms with van der Waals surface area (Å²) in [4.78, 5) is 12.0. The van der Waals surface area contributed by atoms with Gasteiger partial charge in [0.2, 0.25) is 0 Å². The number of halogens is 1. The Hall–Kier alpha value is -2.00. The van der Waals surface area contributed by atoms with Crippen molar-refractivity contribution in [1.82, 2.24) is 0 Å². The minimum absolute atomic E-state index is 0.262. The van der Waals surface area contributed by atoms with E-state index in [1.807, 2.05) is 6.07 Å². The van der Waals surface area contributed by atoms with E-state index in [4.69, 9.17) is 22.1 Å². The van der Waals surface area contributed by atoms with Crippen LogP contribution in [0.2, 0.25) is 5.02 Å². The average molecular weight is 302 g/mol. The summed E-state index contributed by atoms with van der Waals surface area (Å²) in [5, 5.41) is 0.430. The van der Waals surface area contributed by atoms with Gasteiger partial charge < -0.3 is 10.5 Å². The fourth-order valence-electron chi connectivity index (χ4n) is 2.68. The molecule has 0 fully saturated rings. The van der Waals surface area contributed by atoms with Crippen molar-refractivity contribution in [3.05, 3.63) is 63.7 Å². The van der Waals surface area contributed by atoms with Crippen LogP contribution in [0.15, 0.2) is 36.4 Å². The quantitative estimate of drug-likeness (QED) is 0.693. The lowest BCUT2D eigenvalue weighted by Crippen LogP contribution is -2.06. The standard InChI is InChI=1S/C17H16ClNO2/c18-15-7-14(8-16(19)9-15)17(20)21-10-11-4-5-12-2-1-3-13(12)6-11/h4-9H,1-3,10,19H2. The third-order valence-electron chi connectivity index (χ3n) is 3.69. The first kappa shape index (κ1) is 14.0. The number of nitrogens with two attached hydrogens (primary N) is 1. The lowest BCUT2D eigenvalue weighted by Gasteiger charge is -2.08. The van der Waals surface area contributed by atoms with Crippen molar-refractivity contribution >= 4 is 23.3 Å². The number of aryl methyl sites for hydroxylation is 2. The molecule has 1 aliphatic rings. The Kier molecular flexibility index (Phi) is 3.84. The lowest BCUT2D eigenvalue weighted by atomic mass is 10.1. The lowest BCUT2D eigenvalue weighted by molar-refractivity contribution is 0.0472. The second-order valence-corrected chi connectivity index (χ2v) is 5.74. The SMILES string of the molecule is Nc1cc(Cl)cc(C(=O)OCc2ccc3c(c2)CCC3)c1. The van der Waals surface area contributed by atoms with Crippen molar-refractivity contribution in [2.45, 2.75) is 25.9 Å². The third-order valence-corrected chi connectivity index (χ3v) is 3.91. The number of nitrogen functional groups attached to an aromatic ring is 1. The summed E-state index contributed by atoms with van der Waals surface area (Å²) in [7, 11) is 0. The zero-order chi connectivity index (χ0) is 14.8. The van der Waals surface area contributed by atoms with Gasteiger partial charge in [0.15, 0.2) is 0 Å². The molecule has 4 heteroatoms. The Morgan fingerprint density at radius 3 is 2.76 bits per heavy atom. The van der Waals surface area contributed by atoms with E-state index in [0.29, 0.717) is 16.3 Å². The maximum Gasteiger partial charge on any atom is 0.338 e. The van der Waals surface area contributed by atoms with Crippen LogP contribution < -0.4 is 5.73 Å². The molecular weight excluding hydrogens is 286 g/mol. The highest BCUT2D eigenvalue weighted by atomic mass is 35.5. The summed E-state index contributed by atoms with van der Waals surface area (Å²) < 4.78 is 5.33. The van der Waals surface area contributed by atoms with Crippen molar-refractivity contribution in [2.24, 2.45) is 0 Å². The average Bonchev–Trinajstić information content (AvgIpc) is 2.91. The first-order valence-corrected chi connectivity index (χ1v) is 7.33. The van der Waals surface area contributed by atoms with E-state index < -0.39 is 5.97 Å². The minimum Gasteiger partial charge on any atom is -0.457 e. The number of rotatable bonds is 3. The van der Waals surface area contributed by atoms with Crippen molar-refractivity contribution < 1.29 is 9.53 Å². The Labute approximate surface area is 128 Å². The maximum atomic E-state index is 12.0. The van der Waals surface area contributed by atoms with Gasteiger partial charge in [-0.05, 0) is 54.2 Å². The van der Waals surface area contributed by atoms with Gasteiger partial charge in [0.1, 0.15) is 6.61 Å². The number of hydrogen-bond donors (Lipinski definition) is 1. The van der Waals surface area contributed by atoms with Crippen LogP contribution in [-0.4, -0.2) is 5.97 Å². The zero-order valence-electron chi connectivity index (χ0n) is 11.6. The van der Waals surface area contributed by atoms with Gasteiger partial charge in [-0.15, -0.1) is 0 Å². The van der Waals surface area contributed by atoms with Crippen molar-refractivity contribution in [2.75, 3.05) is 5.73 Å². The molecule has 0 bridgehead atoms. The molecular formula is C17H16ClNO2. The van der Waals surface area contributed by atoms with Crippen LogP contribution in [0, 0.1) is 0 Å². The first-order valence-electron chi connectivity index (χ1n) is 6.96. The predicted octanol–water partition coefficient (Wildman–Crippen LogP) is 3.77. The Morgan fingerprint density at radius 1 is 1.14 bits per heavy atom. The number of anilines is 1. The summed E-state index contributed by atoms with van der Waals surface area (Å²) in [6.45, 7) is 0.262. The Morgan fingerprint density at radius 2 is 1.95 bits per heavy atom. The van der Waals surface area contributed by atoms with Crippen molar-refractivity contribution in [3.63, 3.8) is 0 Å². The fourth-order valence-corrected chi connectivity index (χ4v) is 2.92. The summed E-state index contributed by atoms with van der Waals surface area (Å²) in [5.74, 6) is -0.412. The normalized spacial score (nSPS) is 13.0. The highest BCUT2D eigenvalue weighted by Gasteiger charge is 2.13. The zero-order valence-corrected chi connectivity index (χ0v) is 12.3. The minimum atomic E-state index is -0.412. The second kappa shape index (κ2) is 5.78. The highest BCUT2D eigenvalue weighted by Crippen LogP contribution is 2.23.